The summed E-state index contributed by atoms with van der Waals surface area (Å²) in [7, 11) is 0. The minimum Gasteiger partial charge on any atom is -0.465 e. The second-order valence-corrected chi connectivity index (χ2v) is 3.68. The Balaban J connectivity index is 2.61. The zero-order chi connectivity index (χ0) is 14.3. The second kappa shape index (κ2) is 7.35. The Morgan fingerprint density at radius 2 is 1.89 bits per heavy atom. The van der Waals surface area contributed by atoms with Crippen molar-refractivity contribution in [3.63, 3.8) is 0 Å². The van der Waals surface area contributed by atoms with Crippen LogP contribution in [0.2, 0.25) is 0 Å². The van der Waals surface area contributed by atoms with E-state index in [2.05, 4.69) is 5.32 Å². The Hall–Kier alpha value is -2.11. The van der Waals surface area contributed by atoms with Crippen molar-refractivity contribution in [3.05, 3.63) is 30.1 Å². The number of urea groups is 1. The number of rotatable bonds is 5. The van der Waals surface area contributed by atoms with Crippen LogP contribution in [0.1, 0.15) is 13.8 Å². The van der Waals surface area contributed by atoms with Crippen LogP contribution in [-0.2, 0) is 9.53 Å². The van der Waals surface area contributed by atoms with Gasteiger partial charge in [0.05, 0.1) is 6.61 Å². The molecule has 0 bridgehead atoms. The fourth-order valence-electron chi connectivity index (χ4n) is 1.52. The van der Waals surface area contributed by atoms with E-state index in [9.17, 15) is 14.0 Å². The summed E-state index contributed by atoms with van der Waals surface area (Å²) in [6.45, 7) is 3.96. The Morgan fingerprint density at radius 3 is 2.42 bits per heavy atom. The van der Waals surface area contributed by atoms with Crippen LogP contribution in [0.25, 0.3) is 0 Å². The molecular weight excluding hydrogens is 251 g/mol. The lowest BCUT2D eigenvalue weighted by Crippen LogP contribution is -2.42. The molecule has 1 rings (SSSR count). The first-order valence-electron chi connectivity index (χ1n) is 6.05. The summed E-state index contributed by atoms with van der Waals surface area (Å²) >= 11 is 0. The normalized spacial score (nSPS) is 9.84. The van der Waals surface area contributed by atoms with Crippen molar-refractivity contribution in [1.82, 2.24) is 5.32 Å². The Morgan fingerprint density at radius 1 is 1.26 bits per heavy atom. The summed E-state index contributed by atoms with van der Waals surface area (Å²) in [4.78, 5) is 24.4. The zero-order valence-electron chi connectivity index (χ0n) is 11.0. The largest absolute Gasteiger partial charge is 0.465 e. The molecular formula is C13H17FN2O3. The first-order chi connectivity index (χ1) is 9.08. The molecule has 0 spiro atoms. The number of hydrogen-bond donors (Lipinski definition) is 1. The summed E-state index contributed by atoms with van der Waals surface area (Å²) < 4.78 is 17.5. The van der Waals surface area contributed by atoms with E-state index in [0.29, 0.717) is 12.2 Å². The van der Waals surface area contributed by atoms with Crippen LogP contribution in [0.4, 0.5) is 14.9 Å². The fraction of sp³-hybridized carbons (Fsp3) is 0.385. The third-order valence-electron chi connectivity index (χ3n) is 2.39. The van der Waals surface area contributed by atoms with E-state index < -0.39 is 12.0 Å². The molecule has 0 fully saturated rings. The maximum atomic E-state index is 12.8. The summed E-state index contributed by atoms with van der Waals surface area (Å²) in [5.74, 6) is -0.863. The van der Waals surface area contributed by atoms with E-state index in [0.717, 1.165) is 0 Å². The molecule has 1 N–H and O–H groups in total. The number of nitrogens with zero attached hydrogens (tertiary/aromatic N) is 1. The number of nitrogens with one attached hydrogen (secondary N) is 1. The number of benzene rings is 1. The molecule has 0 aliphatic rings. The maximum Gasteiger partial charge on any atom is 0.325 e. The molecule has 0 aliphatic carbocycles. The molecule has 0 aliphatic heterocycles. The number of anilines is 1. The monoisotopic (exact) mass is 268 g/mol. The van der Waals surface area contributed by atoms with Gasteiger partial charge in [0.2, 0.25) is 0 Å². The quantitative estimate of drug-likeness (QED) is 0.830. The van der Waals surface area contributed by atoms with E-state index in [1.807, 2.05) is 0 Å². The third-order valence-corrected chi connectivity index (χ3v) is 2.39. The Labute approximate surface area is 111 Å². The molecule has 0 unspecified atom stereocenters. The van der Waals surface area contributed by atoms with Crippen molar-refractivity contribution in [2.75, 3.05) is 24.6 Å². The molecule has 0 radical (unpaired) electrons. The van der Waals surface area contributed by atoms with Crippen molar-refractivity contribution in [2.24, 2.45) is 0 Å². The van der Waals surface area contributed by atoms with Gasteiger partial charge < -0.3 is 10.1 Å². The van der Waals surface area contributed by atoms with Crippen molar-refractivity contribution in [1.29, 1.82) is 0 Å². The predicted molar refractivity (Wildman–Crippen MR) is 69.5 cm³/mol. The van der Waals surface area contributed by atoms with Crippen LogP contribution in [0.5, 0.6) is 0 Å². The van der Waals surface area contributed by atoms with Crippen molar-refractivity contribution in [2.45, 2.75) is 13.8 Å². The molecule has 2 amide bonds. The van der Waals surface area contributed by atoms with Crippen LogP contribution in [0, 0.1) is 5.82 Å². The smallest absolute Gasteiger partial charge is 0.325 e. The van der Waals surface area contributed by atoms with Gasteiger partial charge in [-0.3, -0.25) is 9.69 Å². The molecule has 0 atom stereocenters. The average molecular weight is 268 g/mol. The number of hydrogen-bond acceptors (Lipinski definition) is 3. The number of esters is 1. The molecule has 0 aromatic heterocycles. The van der Waals surface area contributed by atoms with Crippen LogP contribution < -0.4 is 10.2 Å². The number of carbonyl (C=O) groups excluding carboxylic acids is 2. The van der Waals surface area contributed by atoms with Crippen LogP contribution in [0.15, 0.2) is 24.3 Å². The zero-order valence-corrected chi connectivity index (χ0v) is 11.0. The van der Waals surface area contributed by atoms with Gasteiger partial charge in [-0.2, -0.15) is 0 Å². The van der Waals surface area contributed by atoms with E-state index in [1.54, 1.807) is 13.8 Å². The number of ether oxygens (including phenoxy) is 1. The maximum absolute atomic E-state index is 12.8. The molecule has 1 aromatic rings. The summed E-state index contributed by atoms with van der Waals surface area (Å²) in [5.41, 5.74) is 0.560. The lowest BCUT2D eigenvalue weighted by molar-refractivity contribution is -0.141. The van der Waals surface area contributed by atoms with Crippen LogP contribution in [-0.4, -0.2) is 31.7 Å². The lowest BCUT2D eigenvalue weighted by atomic mass is 10.3. The first kappa shape index (κ1) is 14.9. The highest BCUT2D eigenvalue weighted by molar-refractivity contribution is 5.93. The molecule has 5 nitrogen and oxygen atoms in total. The average Bonchev–Trinajstić information content (AvgIpc) is 2.40. The number of amides is 2. The molecule has 0 saturated heterocycles. The van der Waals surface area contributed by atoms with E-state index in [-0.39, 0.29) is 19.0 Å². The van der Waals surface area contributed by atoms with Crippen LogP contribution >= 0.6 is 0 Å². The van der Waals surface area contributed by atoms with Gasteiger partial charge in [0.25, 0.3) is 0 Å². The van der Waals surface area contributed by atoms with Gasteiger partial charge in [-0.15, -0.1) is 0 Å². The second-order valence-electron chi connectivity index (χ2n) is 3.68. The van der Waals surface area contributed by atoms with Crippen LogP contribution in [0.3, 0.4) is 0 Å². The van der Waals surface area contributed by atoms with Gasteiger partial charge in [0.15, 0.2) is 0 Å². The minimum absolute atomic E-state index is 0.190. The van der Waals surface area contributed by atoms with E-state index in [4.69, 9.17) is 4.74 Å². The fourth-order valence-corrected chi connectivity index (χ4v) is 1.52. The molecule has 0 saturated carbocycles. The SMILES string of the molecule is CCOC(=O)CNC(=O)N(CC)c1ccc(F)cc1. The topological polar surface area (TPSA) is 58.6 Å². The predicted octanol–water partition coefficient (Wildman–Crippen LogP) is 1.92. The Kier molecular flexibility index (Phi) is 5.78. The summed E-state index contributed by atoms with van der Waals surface area (Å²) in [6, 6.07) is 5.13. The van der Waals surface area contributed by atoms with Crippen molar-refractivity contribution in [3.8, 4) is 0 Å². The van der Waals surface area contributed by atoms with Crippen molar-refractivity contribution >= 4 is 17.7 Å². The minimum atomic E-state index is -0.494. The highest BCUT2D eigenvalue weighted by Gasteiger charge is 2.14. The Bertz CT molecular complexity index is 434. The standard InChI is InChI=1S/C13H17FN2O3/c1-3-16(11-7-5-10(14)6-8-11)13(18)15-9-12(17)19-4-2/h5-8H,3-4,9H2,1-2H3,(H,15,18). The number of halogens is 1. The van der Waals surface area contributed by atoms with Gasteiger partial charge in [0.1, 0.15) is 12.4 Å². The van der Waals surface area contributed by atoms with E-state index >= 15 is 0 Å². The van der Waals surface area contributed by atoms with Gasteiger partial charge >= 0.3 is 12.0 Å². The molecule has 1 aromatic carbocycles. The summed E-state index contributed by atoms with van der Waals surface area (Å²) in [6.07, 6.45) is 0. The lowest BCUT2D eigenvalue weighted by Gasteiger charge is -2.21. The third kappa shape index (κ3) is 4.57. The van der Waals surface area contributed by atoms with Gasteiger partial charge in [-0.1, -0.05) is 0 Å². The highest BCUT2D eigenvalue weighted by Crippen LogP contribution is 2.14. The van der Waals surface area contributed by atoms with Gasteiger partial charge in [0, 0.05) is 12.2 Å². The van der Waals surface area contributed by atoms with Crippen molar-refractivity contribution < 1.29 is 18.7 Å². The molecule has 0 heterocycles. The highest BCUT2D eigenvalue weighted by atomic mass is 19.1. The molecule has 104 valence electrons. The van der Waals surface area contributed by atoms with E-state index in [1.165, 1.54) is 29.2 Å². The number of carbonyl (C=O) groups is 2. The summed E-state index contributed by atoms with van der Waals surface area (Å²) in [5, 5.41) is 2.45. The molecule has 6 heteroatoms. The molecule has 19 heavy (non-hydrogen) atoms. The first-order valence-corrected chi connectivity index (χ1v) is 6.05. The van der Waals surface area contributed by atoms with Gasteiger partial charge in [-0.05, 0) is 38.1 Å². The van der Waals surface area contributed by atoms with Gasteiger partial charge in [-0.25, -0.2) is 9.18 Å².